The molecule has 2 aliphatic heterocycles. The fourth-order valence-corrected chi connectivity index (χ4v) is 5.97. The first kappa shape index (κ1) is 23.3. The van der Waals surface area contributed by atoms with E-state index < -0.39 is 5.92 Å². The molecule has 5 rings (SSSR count). The van der Waals surface area contributed by atoms with E-state index in [-0.39, 0.29) is 36.2 Å². The van der Waals surface area contributed by atoms with Crippen molar-refractivity contribution in [3.8, 4) is 0 Å². The lowest BCUT2D eigenvalue weighted by Gasteiger charge is -2.35. The van der Waals surface area contributed by atoms with Crippen molar-refractivity contribution in [3.63, 3.8) is 0 Å². The molecule has 2 aliphatic rings. The molecule has 0 aliphatic carbocycles. The van der Waals surface area contributed by atoms with Crippen molar-refractivity contribution in [2.24, 2.45) is 5.92 Å². The maximum Gasteiger partial charge on any atom is 0.251 e. The van der Waals surface area contributed by atoms with Gasteiger partial charge in [0.15, 0.2) is 0 Å². The highest BCUT2D eigenvalue weighted by molar-refractivity contribution is 7.10. The quantitative estimate of drug-likeness (QED) is 0.573. The molecule has 2 saturated heterocycles. The van der Waals surface area contributed by atoms with E-state index in [1.54, 1.807) is 28.4 Å². The van der Waals surface area contributed by atoms with Gasteiger partial charge in [-0.25, -0.2) is 0 Å². The number of carbonyl (C=O) groups excluding carboxylic acids is 3. The molecule has 2 atom stereocenters. The lowest BCUT2D eigenvalue weighted by molar-refractivity contribution is -0.137. The van der Waals surface area contributed by atoms with E-state index in [0.29, 0.717) is 31.5 Å². The van der Waals surface area contributed by atoms with Gasteiger partial charge in [-0.3, -0.25) is 14.4 Å². The Morgan fingerprint density at radius 3 is 2.31 bits per heavy atom. The minimum atomic E-state index is -0.419. The number of hydrogen-bond donors (Lipinski definition) is 1. The zero-order valence-electron chi connectivity index (χ0n) is 19.7. The molecule has 7 heteroatoms. The van der Waals surface area contributed by atoms with E-state index in [4.69, 9.17) is 0 Å². The van der Waals surface area contributed by atoms with Crippen molar-refractivity contribution in [2.45, 2.75) is 38.3 Å². The zero-order chi connectivity index (χ0) is 24.4. The lowest BCUT2D eigenvalue weighted by Crippen LogP contribution is -2.48. The largest absolute Gasteiger partial charge is 0.349 e. The maximum atomic E-state index is 13.7. The number of nitrogens with one attached hydrogen (secondary N) is 1. The molecule has 2 fully saturated rings. The van der Waals surface area contributed by atoms with E-state index >= 15 is 0 Å². The molecule has 1 aromatic heterocycles. The summed E-state index contributed by atoms with van der Waals surface area (Å²) in [5.74, 6) is -0.490. The minimum Gasteiger partial charge on any atom is -0.349 e. The first-order chi connectivity index (χ1) is 17.0. The van der Waals surface area contributed by atoms with Crippen LogP contribution in [0.1, 0.15) is 46.1 Å². The molecular formula is C28H29N3O3S. The highest BCUT2D eigenvalue weighted by atomic mass is 32.1. The van der Waals surface area contributed by atoms with Crippen molar-refractivity contribution in [1.82, 2.24) is 10.2 Å². The van der Waals surface area contributed by atoms with Gasteiger partial charge in [-0.1, -0.05) is 42.0 Å². The van der Waals surface area contributed by atoms with Gasteiger partial charge in [0.05, 0.1) is 12.0 Å². The Hall–Kier alpha value is -3.45. The van der Waals surface area contributed by atoms with E-state index in [1.807, 2.05) is 71.8 Å². The summed E-state index contributed by atoms with van der Waals surface area (Å²) in [5, 5.41) is 5.09. The Kier molecular flexibility index (Phi) is 6.68. The van der Waals surface area contributed by atoms with E-state index in [1.165, 1.54) is 0 Å². The van der Waals surface area contributed by atoms with E-state index in [9.17, 15) is 14.4 Å². The fourth-order valence-electron chi connectivity index (χ4n) is 5.09. The van der Waals surface area contributed by atoms with Gasteiger partial charge >= 0.3 is 0 Å². The third-order valence-electron chi connectivity index (χ3n) is 6.96. The molecule has 0 bridgehead atoms. The van der Waals surface area contributed by atoms with Crippen molar-refractivity contribution in [2.75, 3.05) is 18.0 Å². The van der Waals surface area contributed by atoms with Crippen molar-refractivity contribution in [3.05, 3.63) is 88.1 Å². The molecule has 2 aromatic carbocycles. The van der Waals surface area contributed by atoms with Gasteiger partial charge in [0.2, 0.25) is 11.8 Å². The molecule has 3 amide bonds. The van der Waals surface area contributed by atoms with Gasteiger partial charge in [-0.2, -0.15) is 0 Å². The average Bonchev–Trinajstić information content (AvgIpc) is 3.53. The number of carbonyl (C=O) groups is 3. The summed E-state index contributed by atoms with van der Waals surface area (Å²) in [5.41, 5.74) is 2.60. The molecule has 1 N–H and O–H groups in total. The van der Waals surface area contributed by atoms with Crippen LogP contribution in [0.3, 0.4) is 0 Å². The summed E-state index contributed by atoms with van der Waals surface area (Å²) in [6, 6.07) is 20.8. The van der Waals surface area contributed by atoms with Crippen LogP contribution in [0.2, 0.25) is 0 Å². The molecule has 0 saturated carbocycles. The molecular weight excluding hydrogens is 458 g/mol. The van der Waals surface area contributed by atoms with Crippen LogP contribution in [-0.4, -0.2) is 41.8 Å². The number of anilines is 1. The Labute approximate surface area is 209 Å². The SMILES string of the molecule is Cc1ccc(N2C(=O)CC(C(=O)N3CCC(NC(=O)c4ccccc4)CC3)C2c2cccs2)cc1. The minimum absolute atomic E-state index is 0.0180. The first-order valence-corrected chi connectivity index (χ1v) is 13.0. The predicted octanol–water partition coefficient (Wildman–Crippen LogP) is 4.57. The third-order valence-corrected chi connectivity index (χ3v) is 7.91. The van der Waals surface area contributed by atoms with Crippen LogP contribution in [0.5, 0.6) is 0 Å². The first-order valence-electron chi connectivity index (χ1n) is 12.1. The van der Waals surface area contributed by atoms with Crippen LogP contribution >= 0.6 is 11.3 Å². The number of likely N-dealkylation sites (tertiary alicyclic amines) is 1. The number of thiophene rings is 1. The lowest BCUT2D eigenvalue weighted by atomic mass is 9.95. The Morgan fingerprint density at radius 2 is 1.66 bits per heavy atom. The number of nitrogens with zero attached hydrogens (tertiary/aromatic N) is 2. The molecule has 180 valence electrons. The highest BCUT2D eigenvalue weighted by Gasteiger charge is 2.47. The van der Waals surface area contributed by atoms with Gasteiger partial charge < -0.3 is 15.1 Å². The molecule has 2 unspecified atom stereocenters. The summed E-state index contributed by atoms with van der Waals surface area (Å²) < 4.78 is 0. The number of rotatable bonds is 5. The van der Waals surface area contributed by atoms with Gasteiger partial charge in [0, 0.05) is 41.7 Å². The summed E-state index contributed by atoms with van der Waals surface area (Å²) in [6.07, 6.45) is 1.62. The molecule has 0 radical (unpaired) electrons. The number of benzene rings is 2. The summed E-state index contributed by atoms with van der Waals surface area (Å²) in [7, 11) is 0. The Bertz CT molecular complexity index is 1190. The summed E-state index contributed by atoms with van der Waals surface area (Å²) >= 11 is 1.58. The van der Waals surface area contributed by atoms with E-state index in [0.717, 1.165) is 16.1 Å². The molecule has 6 nitrogen and oxygen atoms in total. The number of piperidine rings is 1. The van der Waals surface area contributed by atoms with Crippen LogP contribution in [0, 0.1) is 12.8 Å². The normalized spacial score (nSPS) is 20.8. The number of aryl methyl sites for hydroxylation is 1. The standard InChI is InChI=1S/C28H29N3O3S/c1-19-9-11-22(12-10-19)31-25(32)18-23(26(31)24-8-5-17-35-24)28(34)30-15-13-21(14-16-30)29-27(33)20-6-3-2-4-7-20/h2-12,17,21,23,26H,13-16,18H2,1H3,(H,29,33). The second kappa shape index (κ2) is 10.0. The summed E-state index contributed by atoms with van der Waals surface area (Å²) in [6.45, 7) is 3.17. The van der Waals surface area contributed by atoms with Crippen molar-refractivity contribution < 1.29 is 14.4 Å². The second-order valence-electron chi connectivity index (χ2n) is 9.31. The van der Waals surface area contributed by atoms with Crippen LogP contribution in [0.15, 0.2) is 72.1 Å². The van der Waals surface area contributed by atoms with Crippen molar-refractivity contribution >= 4 is 34.7 Å². The molecule has 3 aromatic rings. The molecule has 0 spiro atoms. The predicted molar refractivity (Wildman–Crippen MR) is 137 cm³/mol. The second-order valence-corrected chi connectivity index (χ2v) is 10.3. The van der Waals surface area contributed by atoms with Crippen LogP contribution in [0.25, 0.3) is 0 Å². The zero-order valence-corrected chi connectivity index (χ0v) is 20.5. The van der Waals surface area contributed by atoms with Gasteiger partial charge in [0.25, 0.3) is 5.91 Å². The topological polar surface area (TPSA) is 69.7 Å². The van der Waals surface area contributed by atoms with Gasteiger partial charge in [-0.15, -0.1) is 11.3 Å². The third kappa shape index (κ3) is 4.86. The Balaban J connectivity index is 1.28. The van der Waals surface area contributed by atoms with Gasteiger partial charge in [0.1, 0.15) is 0 Å². The van der Waals surface area contributed by atoms with Crippen LogP contribution in [0.4, 0.5) is 5.69 Å². The highest BCUT2D eigenvalue weighted by Crippen LogP contribution is 2.44. The molecule has 35 heavy (non-hydrogen) atoms. The van der Waals surface area contributed by atoms with Crippen molar-refractivity contribution in [1.29, 1.82) is 0 Å². The average molecular weight is 488 g/mol. The smallest absolute Gasteiger partial charge is 0.251 e. The number of hydrogen-bond acceptors (Lipinski definition) is 4. The fraction of sp³-hybridized carbons (Fsp3) is 0.321. The van der Waals surface area contributed by atoms with Crippen LogP contribution < -0.4 is 10.2 Å². The summed E-state index contributed by atoms with van der Waals surface area (Å²) in [4.78, 5) is 44.1. The number of amides is 3. The van der Waals surface area contributed by atoms with Crippen LogP contribution in [-0.2, 0) is 9.59 Å². The van der Waals surface area contributed by atoms with E-state index in [2.05, 4.69) is 5.32 Å². The maximum absolute atomic E-state index is 13.7. The Morgan fingerprint density at radius 1 is 0.943 bits per heavy atom. The molecule has 3 heterocycles. The van der Waals surface area contributed by atoms with Gasteiger partial charge in [-0.05, 0) is 55.5 Å². The monoisotopic (exact) mass is 487 g/mol.